The van der Waals surface area contributed by atoms with Crippen molar-refractivity contribution in [2.75, 3.05) is 26.2 Å². The highest BCUT2D eigenvalue weighted by Crippen LogP contribution is 2.33. The first kappa shape index (κ1) is 25.9. The molecule has 2 amide bonds. The topological polar surface area (TPSA) is 52.7 Å². The zero-order valence-corrected chi connectivity index (χ0v) is 21.9. The van der Waals surface area contributed by atoms with Crippen LogP contribution < -0.4 is 5.32 Å². The van der Waals surface area contributed by atoms with Crippen molar-refractivity contribution < 1.29 is 14.0 Å². The molecule has 2 fully saturated rings. The lowest BCUT2D eigenvalue weighted by molar-refractivity contribution is -0.122. The number of hydrogen-bond donors (Lipinski definition) is 1. The lowest BCUT2D eigenvalue weighted by Gasteiger charge is -2.24. The van der Waals surface area contributed by atoms with Gasteiger partial charge in [-0.2, -0.15) is 0 Å². The van der Waals surface area contributed by atoms with Gasteiger partial charge in [0.2, 0.25) is 5.91 Å². The molecule has 196 valence electrons. The number of carbonyl (C=O) groups is 2. The van der Waals surface area contributed by atoms with E-state index in [1.807, 2.05) is 24.4 Å². The standard InChI is InChI=1S/C30H35ClFN3O2/c31-25-11-6-12-26(32)29(25)30(37)35-19-23-17-34(18-24(23)20-35)16-15-27(22-9-2-1-3-10-22)33-28(36)14-13-21-7-4-5-8-21/h1-3,6,9-12,19,21,24,27H,4-5,7-8,13-18,20H2,(H,33,36)/t24?,27-/m0/s1. The fraction of sp³-hybridized carbons (Fsp3) is 0.467. The fourth-order valence-corrected chi connectivity index (χ4v) is 6.31. The van der Waals surface area contributed by atoms with Gasteiger partial charge in [-0.1, -0.05) is 73.7 Å². The lowest BCUT2D eigenvalue weighted by atomic mass is 10.00. The number of carbonyl (C=O) groups excluding carboxylic acids is 2. The molecule has 0 spiro atoms. The summed E-state index contributed by atoms with van der Waals surface area (Å²) >= 11 is 6.11. The maximum absolute atomic E-state index is 14.2. The minimum absolute atomic E-state index is 0.0204. The molecule has 0 aromatic heterocycles. The zero-order chi connectivity index (χ0) is 25.8. The molecular formula is C30H35ClFN3O2. The smallest absolute Gasteiger partial charge is 0.262 e. The third kappa shape index (κ3) is 6.24. The molecule has 1 N–H and O–H groups in total. The van der Waals surface area contributed by atoms with Gasteiger partial charge in [0.05, 0.1) is 16.6 Å². The summed E-state index contributed by atoms with van der Waals surface area (Å²) in [4.78, 5) is 29.7. The van der Waals surface area contributed by atoms with Crippen molar-refractivity contribution >= 4 is 23.4 Å². The van der Waals surface area contributed by atoms with Crippen molar-refractivity contribution in [2.24, 2.45) is 11.8 Å². The van der Waals surface area contributed by atoms with Gasteiger partial charge in [-0.3, -0.25) is 14.5 Å². The number of amides is 2. The van der Waals surface area contributed by atoms with E-state index in [-0.39, 0.29) is 34.4 Å². The maximum atomic E-state index is 14.2. The SMILES string of the molecule is O=C(CCC1CCCC1)N[C@@H](CCN1CC2=CN(C(=O)c3c(F)cccc3Cl)CC2C1)c1ccccc1. The van der Waals surface area contributed by atoms with Crippen LogP contribution in [0.4, 0.5) is 4.39 Å². The quantitative estimate of drug-likeness (QED) is 0.440. The summed E-state index contributed by atoms with van der Waals surface area (Å²) in [6, 6.07) is 14.5. The van der Waals surface area contributed by atoms with Crippen LogP contribution in [0.5, 0.6) is 0 Å². The number of nitrogens with zero attached hydrogens (tertiary/aromatic N) is 2. The van der Waals surface area contributed by atoms with E-state index in [0.717, 1.165) is 38.0 Å². The zero-order valence-electron chi connectivity index (χ0n) is 21.2. The number of hydrogen-bond acceptors (Lipinski definition) is 3. The summed E-state index contributed by atoms with van der Waals surface area (Å²) < 4.78 is 14.2. The van der Waals surface area contributed by atoms with E-state index in [0.29, 0.717) is 18.9 Å². The van der Waals surface area contributed by atoms with Crippen LogP contribution in [0.1, 0.15) is 66.9 Å². The summed E-state index contributed by atoms with van der Waals surface area (Å²) in [5.41, 5.74) is 2.26. The Morgan fingerprint density at radius 2 is 1.84 bits per heavy atom. The fourth-order valence-electron chi connectivity index (χ4n) is 6.07. The van der Waals surface area contributed by atoms with Gasteiger partial charge in [0.25, 0.3) is 5.91 Å². The Bertz CT molecular complexity index is 1130. The predicted octanol–water partition coefficient (Wildman–Crippen LogP) is 5.97. The molecule has 1 unspecified atom stereocenters. The molecule has 7 heteroatoms. The van der Waals surface area contributed by atoms with Gasteiger partial charge in [-0.15, -0.1) is 0 Å². The van der Waals surface area contributed by atoms with Crippen molar-refractivity contribution in [3.05, 3.63) is 82.3 Å². The van der Waals surface area contributed by atoms with Crippen molar-refractivity contribution in [2.45, 2.75) is 51.0 Å². The molecule has 5 nitrogen and oxygen atoms in total. The highest BCUT2D eigenvalue weighted by Gasteiger charge is 2.36. The van der Waals surface area contributed by atoms with Crippen LogP contribution in [0.2, 0.25) is 5.02 Å². The molecule has 3 aliphatic rings. The van der Waals surface area contributed by atoms with E-state index in [9.17, 15) is 14.0 Å². The Morgan fingerprint density at radius 3 is 2.57 bits per heavy atom. The molecule has 37 heavy (non-hydrogen) atoms. The first-order chi connectivity index (χ1) is 18.0. The van der Waals surface area contributed by atoms with E-state index in [4.69, 9.17) is 11.6 Å². The van der Waals surface area contributed by atoms with Gasteiger partial charge in [-0.25, -0.2) is 4.39 Å². The normalized spacial score (nSPS) is 20.6. The number of nitrogens with one attached hydrogen (secondary N) is 1. The van der Waals surface area contributed by atoms with Gasteiger partial charge in [-0.05, 0) is 42.0 Å². The molecule has 5 rings (SSSR count). The van der Waals surface area contributed by atoms with Gasteiger partial charge >= 0.3 is 0 Å². The first-order valence-corrected chi connectivity index (χ1v) is 13.9. The Balaban J connectivity index is 1.16. The maximum Gasteiger partial charge on any atom is 0.262 e. The third-order valence-electron chi connectivity index (χ3n) is 8.11. The number of benzene rings is 2. The van der Waals surface area contributed by atoms with Gasteiger partial charge < -0.3 is 10.2 Å². The minimum atomic E-state index is -0.591. The molecule has 1 saturated carbocycles. The van der Waals surface area contributed by atoms with Crippen LogP contribution in [-0.2, 0) is 4.79 Å². The second-order valence-electron chi connectivity index (χ2n) is 10.7. The molecular weight excluding hydrogens is 489 g/mol. The Labute approximate surface area is 223 Å². The lowest BCUT2D eigenvalue weighted by Crippen LogP contribution is -2.33. The van der Waals surface area contributed by atoms with Gasteiger partial charge in [0.1, 0.15) is 5.82 Å². The minimum Gasteiger partial charge on any atom is -0.349 e. The number of likely N-dealkylation sites (tertiary alicyclic amines) is 1. The molecule has 0 radical (unpaired) electrons. The molecule has 1 aliphatic carbocycles. The Morgan fingerprint density at radius 1 is 1.05 bits per heavy atom. The largest absolute Gasteiger partial charge is 0.349 e. The third-order valence-corrected chi connectivity index (χ3v) is 8.43. The van der Waals surface area contributed by atoms with E-state index in [1.165, 1.54) is 43.4 Å². The summed E-state index contributed by atoms with van der Waals surface area (Å²) in [7, 11) is 0. The van der Waals surface area contributed by atoms with Crippen molar-refractivity contribution in [1.29, 1.82) is 0 Å². The Kier molecular flexibility index (Phi) is 8.26. The summed E-state index contributed by atoms with van der Waals surface area (Å²) in [5.74, 6) is 0.111. The molecule has 2 aliphatic heterocycles. The first-order valence-electron chi connectivity index (χ1n) is 13.5. The van der Waals surface area contributed by atoms with Crippen LogP contribution in [0, 0.1) is 17.7 Å². The van der Waals surface area contributed by atoms with Crippen molar-refractivity contribution in [1.82, 2.24) is 15.1 Å². The van der Waals surface area contributed by atoms with E-state index in [2.05, 4.69) is 22.3 Å². The van der Waals surface area contributed by atoms with Crippen LogP contribution in [0.15, 0.2) is 60.3 Å². The highest BCUT2D eigenvalue weighted by molar-refractivity contribution is 6.33. The molecule has 2 atom stereocenters. The van der Waals surface area contributed by atoms with Crippen LogP contribution in [0.25, 0.3) is 0 Å². The number of halogens is 2. The molecule has 2 heterocycles. The average molecular weight is 524 g/mol. The van der Waals surface area contributed by atoms with E-state index < -0.39 is 5.82 Å². The second-order valence-corrected chi connectivity index (χ2v) is 11.1. The van der Waals surface area contributed by atoms with Gasteiger partial charge in [0, 0.05) is 44.7 Å². The molecule has 2 aromatic carbocycles. The summed E-state index contributed by atoms with van der Waals surface area (Å²) in [6.07, 6.45) is 9.41. The monoisotopic (exact) mass is 523 g/mol. The number of rotatable bonds is 9. The van der Waals surface area contributed by atoms with Crippen LogP contribution in [0.3, 0.4) is 0 Å². The second kappa shape index (κ2) is 11.8. The average Bonchev–Trinajstić information content (AvgIpc) is 3.63. The molecule has 2 aromatic rings. The summed E-state index contributed by atoms with van der Waals surface area (Å²) in [6.45, 7) is 3.01. The van der Waals surface area contributed by atoms with E-state index in [1.54, 1.807) is 11.0 Å². The number of fused-ring (bicyclic) bond motifs is 1. The Hall–Kier alpha value is -2.70. The van der Waals surface area contributed by atoms with E-state index >= 15 is 0 Å². The predicted molar refractivity (Wildman–Crippen MR) is 144 cm³/mol. The highest BCUT2D eigenvalue weighted by atomic mass is 35.5. The van der Waals surface area contributed by atoms with Crippen molar-refractivity contribution in [3.63, 3.8) is 0 Å². The van der Waals surface area contributed by atoms with Crippen LogP contribution >= 0.6 is 11.6 Å². The van der Waals surface area contributed by atoms with Gasteiger partial charge in [0.15, 0.2) is 0 Å². The van der Waals surface area contributed by atoms with Crippen LogP contribution in [-0.4, -0.2) is 47.8 Å². The summed E-state index contributed by atoms with van der Waals surface area (Å²) in [5, 5.41) is 3.44. The molecule has 1 saturated heterocycles. The van der Waals surface area contributed by atoms with Crippen molar-refractivity contribution in [3.8, 4) is 0 Å². The molecule has 0 bridgehead atoms.